The molecule has 32 heavy (non-hydrogen) atoms. The number of rotatable bonds is 6. The van der Waals surface area contributed by atoms with Gasteiger partial charge in [-0.25, -0.2) is 8.42 Å². The zero-order valence-electron chi connectivity index (χ0n) is 17.5. The average Bonchev–Trinajstić information content (AvgIpc) is 2.79. The summed E-state index contributed by atoms with van der Waals surface area (Å²) >= 11 is 0. The molecule has 1 atom stereocenters. The van der Waals surface area contributed by atoms with Crippen LogP contribution in [0.2, 0.25) is 0 Å². The highest BCUT2D eigenvalue weighted by Crippen LogP contribution is 2.37. The monoisotopic (exact) mass is 449 g/mol. The van der Waals surface area contributed by atoms with E-state index in [9.17, 15) is 18.0 Å². The van der Waals surface area contributed by atoms with Crippen LogP contribution in [-0.4, -0.2) is 26.3 Å². The number of hydrogen-bond acceptors (Lipinski definition) is 4. The lowest BCUT2D eigenvalue weighted by atomic mass is 10.1. The molecule has 2 N–H and O–H groups in total. The fourth-order valence-corrected chi connectivity index (χ4v) is 5.23. The lowest BCUT2D eigenvalue weighted by molar-refractivity contribution is -0.125. The Morgan fingerprint density at radius 3 is 2.34 bits per heavy atom. The van der Waals surface area contributed by atoms with Gasteiger partial charge in [0.05, 0.1) is 22.7 Å². The second kappa shape index (κ2) is 8.84. The first-order valence-electron chi connectivity index (χ1n) is 10.2. The van der Waals surface area contributed by atoms with Gasteiger partial charge in [-0.15, -0.1) is 0 Å². The summed E-state index contributed by atoms with van der Waals surface area (Å²) in [6.07, 6.45) is -0.307. The lowest BCUT2D eigenvalue weighted by Crippen LogP contribution is -2.52. The second-order valence-electron chi connectivity index (χ2n) is 7.60. The van der Waals surface area contributed by atoms with Gasteiger partial charge in [-0.2, -0.15) is 0 Å². The predicted molar refractivity (Wildman–Crippen MR) is 123 cm³/mol. The fraction of sp³-hybridized carbons (Fsp3) is 0.167. The van der Waals surface area contributed by atoms with Gasteiger partial charge in [-0.3, -0.25) is 13.9 Å². The number of carbonyl (C=O) groups is 2. The summed E-state index contributed by atoms with van der Waals surface area (Å²) in [6.45, 7) is 2.15. The summed E-state index contributed by atoms with van der Waals surface area (Å²) in [5.41, 5.74) is 2.53. The number of aryl methyl sites for hydroxylation is 1. The van der Waals surface area contributed by atoms with E-state index in [4.69, 9.17) is 0 Å². The van der Waals surface area contributed by atoms with Crippen molar-refractivity contribution in [1.82, 2.24) is 5.32 Å². The van der Waals surface area contributed by atoms with Gasteiger partial charge >= 0.3 is 0 Å². The van der Waals surface area contributed by atoms with Crippen molar-refractivity contribution in [1.29, 1.82) is 0 Å². The van der Waals surface area contributed by atoms with Gasteiger partial charge in [0.2, 0.25) is 11.8 Å². The van der Waals surface area contributed by atoms with Crippen LogP contribution in [0.1, 0.15) is 17.5 Å². The Morgan fingerprint density at radius 2 is 1.62 bits per heavy atom. The van der Waals surface area contributed by atoms with Crippen LogP contribution in [0.5, 0.6) is 0 Å². The standard InChI is InChI=1S/C24H23N3O4S/c1-17-11-13-19(14-12-17)32(30,31)27-21-10-6-5-9-20(21)26-24(29)22(27)15-23(28)25-16-18-7-3-2-4-8-18/h2-14,22H,15-16H2,1H3,(H,25,28)(H,26,29). The third-order valence-electron chi connectivity index (χ3n) is 5.27. The summed E-state index contributed by atoms with van der Waals surface area (Å²) in [4.78, 5) is 25.7. The number of amides is 2. The maximum Gasteiger partial charge on any atom is 0.265 e. The highest BCUT2D eigenvalue weighted by molar-refractivity contribution is 7.93. The van der Waals surface area contributed by atoms with E-state index < -0.39 is 27.9 Å². The van der Waals surface area contributed by atoms with E-state index >= 15 is 0 Å². The largest absolute Gasteiger partial charge is 0.352 e. The van der Waals surface area contributed by atoms with Gasteiger partial charge in [0, 0.05) is 6.54 Å². The van der Waals surface area contributed by atoms with Crippen LogP contribution in [0.15, 0.2) is 83.8 Å². The van der Waals surface area contributed by atoms with Crippen LogP contribution in [-0.2, 0) is 26.2 Å². The molecule has 8 heteroatoms. The fourth-order valence-electron chi connectivity index (χ4n) is 3.60. The molecule has 1 aliphatic rings. The quantitative estimate of drug-likeness (QED) is 0.604. The number of carbonyl (C=O) groups excluding carboxylic acids is 2. The normalized spacial score (nSPS) is 15.6. The molecule has 0 aromatic heterocycles. The maximum atomic E-state index is 13.6. The molecule has 0 radical (unpaired) electrons. The van der Waals surface area contributed by atoms with Crippen LogP contribution < -0.4 is 14.9 Å². The molecule has 1 unspecified atom stereocenters. The van der Waals surface area contributed by atoms with Crippen LogP contribution in [0, 0.1) is 6.92 Å². The molecule has 4 rings (SSSR count). The summed E-state index contributed by atoms with van der Waals surface area (Å²) in [7, 11) is -4.09. The molecule has 1 heterocycles. The van der Waals surface area contributed by atoms with E-state index in [2.05, 4.69) is 10.6 Å². The SMILES string of the molecule is Cc1ccc(S(=O)(=O)N2c3ccccc3NC(=O)C2CC(=O)NCc2ccccc2)cc1. The first-order valence-corrected chi connectivity index (χ1v) is 11.6. The Morgan fingerprint density at radius 1 is 0.969 bits per heavy atom. The van der Waals surface area contributed by atoms with E-state index in [1.165, 1.54) is 12.1 Å². The number of sulfonamides is 1. The van der Waals surface area contributed by atoms with Gasteiger partial charge in [-0.1, -0.05) is 60.2 Å². The van der Waals surface area contributed by atoms with Crippen LogP contribution in [0.4, 0.5) is 11.4 Å². The maximum absolute atomic E-state index is 13.6. The van der Waals surface area contributed by atoms with Crippen molar-refractivity contribution in [2.45, 2.75) is 30.8 Å². The van der Waals surface area contributed by atoms with Gasteiger partial charge in [0.1, 0.15) is 6.04 Å². The Balaban J connectivity index is 1.65. The number of para-hydroxylation sites is 2. The summed E-state index contributed by atoms with van der Waals surface area (Å²) in [6, 6.07) is 21.2. The zero-order chi connectivity index (χ0) is 22.7. The van der Waals surface area contributed by atoms with E-state index in [1.54, 1.807) is 36.4 Å². The smallest absolute Gasteiger partial charge is 0.265 e. The Labute approximate surface area is 187 Å². The first kappa shape index (κ1) is 21.6. The van der Waals surface area contributed by atoms with Gasteiger partial charge in [-0.05, 0) is 36.8 Å². The molecule has 1 aliphatic heterocycles. The molecule has 0 fully saturated rings. The van der Waals surface area contributed by atoms with Crippen molar-refractivity contribution in [3.63, 3.8) is 0 Å². The van der Waals surface area contributed by atoms with E-state index in [0.717, 1.165) is 15.4 Å². The van der Waals surface area contributed by atoms with E-state index in [1.807, 2.05) is 37.3 Å². The third kappa shape index (κ3) is 4.36. The van der Waals surface area contributed by atoms with Crippen molar-refractivity contribution >= 4 is 33.2 Å². The summed E-state index contributed by atoms with van der Waals surface area (Å²) in [5, 5.41) is 5.50. The predicted octanol–water partition coefficient (Wildman–Crippen LogP) is 3.22. The number of nitrogens with zero attached hydrogens (tertiary/aromatic N) is 1. The van der Waals surface area contributed by atoms with Crippen molar-refractivity contribution in [2.75, 3.05) is 9.62 Å². The second-order valence-corrected chi connectivity index (χ2v) is 9.42. The summed E-state index contributed by atoms with van der Waals surface area (Å²) < 4.78 is 28.2. The van der Waals surface area contributed by atoms with E-state index in [0.29, 0.717) is 11.4 Å². The topological polar surface area (TPSA) is 95.6 Å². The zero-order valence-corrected chi connectivity index (χ0v) is 18.3. The Bertz CT molecular complexity index is 1240. The van der Waals surface area contributed by atoms with Gasteiger partial charge in [0.25, 0.3) is 10.0 Å². The number of anilines is 2. The molecule has 0 saturated carbocycles. The Kier molecular flexibility index (Phi) is 5.96. The number of nitrogens with one attached hydrogen (secondary N) is 2. The Hall–Kier alpha value is -3.65. The summed E-state index contributed by atoms with van der Waals surface area (Å²) in [5.74, 6) is -0.966. The van der Waals surface area contributed by atoms with Crippen molar-refractivity contribution in [2.24, 2.45) is 0 Å². The molecule has 164 valence electrons. The number of benzene rings is 3. The van der Waals surface area contributed by atoms with Crippen molar-refractivity contribution < 1.29 is 18.0 Å². The highest BCUT2D eigenvalue weighted by Gasteiger charge is 2.41. The van der Waals surface area contributed by atoms with Crippen molar-refractivity contribution in [3.8, 4) is 0 Å². The average molecular weight is 450 g/mol. The molecule has 3 aromatic rings. The molecule has 0 saturated heterocycles. The van der Waals surface area contributed by atoms with Crippen LogP contribution >= 0.6 is 0 Å². The molecular formula is C24H23N3O4S. The molecule has 0 spiro atoms. The molecule has 7 nitrogen and oxygen atoms in total. The molecule has 0 bridgehead atoms. The molecular weight excluding hydrogens is 426 g/mol. The number of fused-ring (bicyclic) bond motifs is 1. The van der Waals surface area contributed by atoms with Crippen LogP contribution in [0.3, 0.4) is 0 Å². The number of hydrogen-bond donors (Lipinski definition) is 2. The minimum absolute atomic E-state index is 0.0577. The first-order chi connectivity index (χ1) is 15.4. The van der Waals surface area contributed by atoms with E-state index in [-0.39, 0.29) is 17.9 Å². The van der Waals surface area contributed by atoms with Gasteiger partial charge in [0.15, 0.2) is 0 Å². The van der Waals surface area contributed by atoms with Crippen LogP contribution in [0.25, 0.3) is 0 Å². The van der Waals surface area contributed by atoms with Gasteiger partial charge < -0.3 is 10.6 Å². The molecule has 0 aliphatic carbocycles. The highest BCUT2D eigenvalue weighted by atomic mass is 32.2. The minimum Gasteiger partial charge on any atom is -0.352 e. The van der Waals surface area contributed by atoms with Crippen molar-refractivity contribution in [3.05, 3.63) is 90.0 Å². The molecule has 3 aromatic carbocycles. The lowest BCUT2D eigenvalue weighted by Gasteiger charge is -2.36. The third-order valence-corrected chi connectivity index (χ3v) is 7.11. The molecule has 2 amide bonds. The minimum atomic E-state index is -4.09.